The molecule has 214 valence electrons. The molecule has 1 unspecified atom stereocenters. The zero-order valence-electron chi connectivity index (χ0n) is 23.4. The number of carbonyl (C=O) groups excluding carboxylic acids is 3. The number of aliphatic hydroxyl groups excluding tert-OH is 1. The molecule has 4 aliphatic heterocycles. The maximum Gasteiger partial charge on any atom is 0.253 e. The molecule has 3 aromatic rings. The molecule has 7 rings (SSSR count). The van der Waals surface area contributed by atoms with Crippen molar-refractivity contribution in [2.45, 2.75) is 30.6 Å². The first-order valence-corrected chi connectivity index (χ1v) is 14.5. The highest BCUT2D eigenvalue weighted by molar-refractivity contribution is 6.08. The molecule has 5 atom stereocenters. The van der Waals surface area contributed by atoms with Crippen LogP contribution in [0.2, 0.25) is 0 Å². The number of benzene rings is 3. The quantitative estimate of drug-likeness (QED) is 0.479. The lowest BCUT2D eigenvalue weighted by Crippen LogP contribution is -2.56. The van der Waals surface area contributed by atoms with Gasteiger partial charge in [-0.25, -0.2) is 0 Å². The van der Waals surface area contributed by atoms with Gasteiger partial charge in [0.25, 0.3) is 5.91 Å². The average Bonchev–Trinajstić information content (AvgIpc) is 3.26. The second-order valence-corrected chi connectivity index (χ2v) is 11.7. The molecule has 3 amide bonds. The third kappa shape index (κ3) is 3.86. The molecule has 4 heterocycles. The summed E-state index contributed by atoms with van der Waals surface area (Å²) in [7, 11) is 0. The summed E-state index contributed by atoms with van der Waals surface area (Å²) in [5, 5.41) is 11.8. The van der Waals surface area contributed by atoms with Crippen LogP contribution in [0.3, 0.4) is 0 Å². The molecule has 8 nitrogen and oxygen atoms in total. The molecular formula is C34H33N3O5. The summed E-state index contributed by atoms with van der Waals surface area (Å²) in [5.41, 5.74) is -0.964. The summed E-state index contributed by atoms with van der Waals surface area (Å²) >= 11 is 0. The zero-order valence-corrected chi connectivity index (χ0v) is 23.4. The number of hydrogen-bond donors (Lipinski definition) is 1. The first-order valence-electron chi connectivity index (χ1n) is 14.5. The summed E-state index contributed by atoms with van der Waals surface area (Å²) in [4.78, 5) is 48.3. The van der Waals surface area contributed by atoms with Gasteiger partial charge in [0.15, 0.2) is 0 Å². The molecule has 4 aliphatic rings. The minimum atomic E-state index is -1.34. The van der Waals surface area contributed by atoms with Crippen LogP contribution in [0.1, 0.15) is 13.3 Å². The van der Waals surface area contributed by atoms with Crippen LogP contribution in [-0.2, 0) is 19.1 Å². The number of aliphatic hydroxyl groups is 1. The molecule has 0 bridgehead atoms. The van der Waals surface area contributed by atoms with Gasteiger partial charge in [-0.3, -0.25) is 14.4 Å². The molecule has 0 saturated carbocycles. The highest BCUT2D eigenvalue weighted by atomic mass is 16.5. The first kappa shape index (κ1) is 26.6. The lowest BCUT2D eigenvalue weighted by Gasteiger charge is -2.37. The Kier molecular flexibility index (Phi) is 6.29. The van der Waals surface area contributed by atoms with Gasteiger partial charge in [0, 0.05) is 37.6 Å². The molecule has 0 aliphatic carbocycles. The van der Waals surface area contributed by atoms with E-state index in [1.807, 2.05) is 104 Å². The molecule has 0 radical (unpaired) electrons. The summed E-state index contributed by atoms with van der Waals surface area (Å²) in [6.45, 7) is 2.56. The fourth-order valence-corrected chi connectivity index (χ4v) is 7.42. The zero-order chi connectivity index (χ0) is 29.1. The van der Waals surface area contributed by atoms with Gasteiger partial charge in [0.05, 0.1) is 17.4 Å². The maximum absolute atomic E-state index is 14.6. The van der Waals surface area contributed by atoms with Crippen molar-refractivity contribution in [3.8, 4) is 0 Å². The first-order chi connectivity index (χ1) is 20.4. The molecule has 1 spiro atoms. The number of para-hydroxylation sites is 1. The normalized spacial score (nSPS) is 30.4. The number of rotatable bonds is 5. The van der Waals surface area contributed by atoms with Crippen LogP contribution in [0.4, 0.5) is 11.4 Å². The Morgan fingerprint density at radius 1 is 0.786 bits per heavy atom. The van der Waals surface area contributed by atoms with Gasteiger partial charge in [-0.15, -0.1) is 0 Å². The number of ether oxygens (including phenoxy) is 1. The van der Waals surface area contributed by atoms with Crippen molar-refractivity contribution in [2.24, 2.45) is 11.8 Å². The topological polar surface area (TPSA) is 90.4 Å². The van der Waals surface area contributed by atoms with Gasteiger partial charge in [-0.1, -0.05) is 72.8 Å². The van der Waals surface area contributed by atoms with Crippen molar-refractivity contribution >= 4 is 39.9 Å². The van der Waals surface area contributed by atoms with E-state index in [-0.39, 0.29) is 30.9 Å². The smallest absolute Gasteiger partial charge is 0.253 e. The van der Waals surface area contributed by atoms with E-state index in [4.69, 9.17) is 4.74 Å². The third-order valence-corrected chi connectivity index (χ3v) is 9.23. The predicted molar refractivity (Wildman–Crippen MR) is 160 cm³/mol. The lowest BCUT2D eigenvalue weighted by molar-refractivity contribution is -0.144. The average molecular weight is 564 g/mol. The number of hydrogen-bond acceptors (Lipinski definition) is 5. The van der Waals surface area contributed by atoms with Crippen molar-refractivity contribution in [1.29, 1.82) is 0 Å². The van der Waals surface area contributed by atoms with Gasteiger partial charge >= 0.3 is 0 Å². The van der Waals surface area contributed by atoms with Crippen molar-refractivity contribution < 1.29 is 24.2 Å². The van der Waals surface area contributed by atoms with Gasteiger partial charge < -0.3 is 24.5 Å². The Bertz CT molecular complexity index is 1640. The van der Waals surface area contributed by atoms with Crippen LogP contribution in [0.25, 0.3) is 10.8 Å². The van der Waals surface area contributed by atoms with E-state index in [1.165, 1.54) is 0 Å². The summed E-state index contributed by atoms with van der Waals surface area (Å²) in [6, 6.07) is 22.3. The summed E-state index contributed by atoms with van der Waals surface area (Å²) in [5.74, 6) is -2.50. The van der Waals surface area contributed by atoms with Crippen molar-refractivity contribution in [3.05, 3.63) is 97.1 Å². The lowest BCUT2D eigenvalue weighted by atomic mass is 9.74. The maximum atomic E-state index is 14.6. The van der Waals surface area contributed by atoms with E-state index in [1.54, 1.807) is 14.7 Å². The van der Waals surface area contributed by atoms with Crippen LogP contribution >= 0.6 is 0 Å². The SMILES string of the molecule is C[C@]12C=CCN(c3ccccc3)C(=O)[C@H]1[C@H]1C(=O)N(CCCO)C3C(=O)N(c4ccc5ccccc5c4)CC=C[C@@]31O2. The van der Waals surface area contributed by atoms with Crippen LogP contribution < -0.4 is 9.80 Å². The fourth-order valence-electron chi connectivity index (χ4n) is 7.42. The third-order valence-electron chi connectivity index (χ3n) is 9.23. The Hall–Kier alpha value is -4.27. The summed E-state index contributed by atoms with van der Waals surface area (Å²) in [6.07, 6.45) is 7.85. The van der Waals surface area contributed by atoms with Gasteiger partial charge in [0.1, 0.15) is 11.6 Å². The second kappa shape index (κ2) is 9.93. The molecule has 2 fully saturated rings. The number of carbonyl (C=O) groups is 3. The fraction of sp³-hybridized carbons (Fsp3) is 0.324. The Labute approximate surface area is 244 Å². The number of anilines is 2. The largest absolute Gasteiger partial charge is 0.396 e. The van der Waals surface area contributed by atoms with E-state index in [9.17, 15) is 19.5 Å². The Balaban J connectivity index is 1.33. The van der Waals surface area contributed by atoms with Crippen molar-refractivity contribution in [1.82, 2.24) is 4.90 Å². The van der Waals surface area contributed by atoms with Crippen LogP contribution in [0, 0.1) is 11.8 Å². The van der Waals surface area contributed by atoms with E-state index >= 15 is 0 Å². The molecule has 8 heteroatoms. The molecule has 1 N–H and O–H groups in total. The van der Waals surface area contributed by atoms with Crippen LogP contribution in [0.5, 0.6) is 0 Å². The second-order valence-electron chi connectivity index (χ2n) is 11.7. The molecular weight excluding hydrogens is 530 g/mol. The number of likely N-dealkylation sites (tertiary alicyclic amines) is 1. The Morgan fingerprint density at radius 2 is 1.48 bits per heavy atom. The van der Waals surface area contributed by atoms with E-state index < -0.39 is 29.1 Å². The molecule has 3 aromatic carbocycles. The predicted octanol–water partition coefficient (Wildman–Crippen LogP) is 3.70. The highest BCUT2D eigenvalue weighted by Crippen LogP contribution is 2.57. The standard InChI is InChI=1S/C34H33N3O5/c1-33-16-7-18-35(25-12-3-2-4-13-25)30(39)27(33)28-31(40)37(20-9-21-38)29-32(41)36(19-8-17-34(28,29)42-33)26-15-14-23-10-5-6-11-24(23)22-26/h2-8,10-17,22,27-29,38H,9,18-21H2,1H3/t27-,28+,29?,33+,34+/m1/s1. The Morgan fingerprint density at radius 3 is 2.24 bits per heavy atom. The number of fused-ring (bicyclic) bond motifs is 3. The van der Waals surface area contributed by atoms with Gasteiger partial charge in [-0.05, 0) is 48.4 Å². The van der Waals surface area contributed by atoms with Crippen molar-refractivity contribution in [3.63, 3.8) is 0 Å². The number of amides is 3. The van der Waals surface area contributed by atoms with Gasteiger partial charge in [-0.2, -0.15) is 0 Å². The summed E-state index contributed by atoms with van der Waals surface area (Å²) < 4.78 is 6.89. The van der Waals surface area contributed by atoms with E-state index in [0.29, 0.717) is 19.5 Å². The number of nitrogens with zero attached hydrogens (tertiary/aromatic N) is 3. The van der Waals surface area contributed by atoms with Crippen LogP contribution in [-0.4, -0.2) is 71.2 Å². The monoisotopic (exact) mass is 563 g/mol. The molecule has 0 aromatic heterocycles. The highest BCUT2D eigenvalue weighted by Gasteiger charge is 2.74. The van der Waals surface area contributed by atoms with Crippen LogP contribution in [0.15, 0.2) is 97.1 Å². The minimum absolute atomic E-state index is 0.127. The van der Waals surface area contributed by atoms with E-state index in [2.05, 4.69) is 0 Å². The van der Waals surface area contributed by atoms with Gasteiger partial charge in [0.2, 0.25) is 11.8 Å². The minimum Gasteiger partial charge on any atom is -0.396 e. The van der Waals surface area contributed by atoms with E-state index in [0.717, 1.165) is 22.1 Å². The molecule has 2 saturated heterocycles. The van der Waals surface area contributed by atoms with Crippen molar-refractivity contribution in [2.75, 3.05) is 36.0 Å². The molecule has 42 heavy (non-hydrogen) atoms.